The van der Waals surface area contributed by atoms with Crippen molar-refractivity contribution in [3.05, 3.63) is 28.2 Å². The molecule has 1 heterocycles. The van der Waals surface area contributed by atoms with Crippen LogP contribution >= 0.6 is 23.2 Å². The van der Waals surface area contributed by atoms with Gasteiger partial charge in [0.05, 0.1) is 10.7 Å². The number of nitrogens with zero attached hydrogens (tertiary/aromatic N) is 1. The molecule has 1 aliphatic rings. The Labute approximate surface area is 116 Å². The summed E-state index contributed by atoms with van der Waals surface area (Å²) >= 11 is 11.7. The summed E-state index contributed by atoms with van der Waals surface area (Å²) in [6.45, 7) is 2.16. The topological polar surface area (TPSA) is 61.4 Å². The first-order valence-electron chi connectivity index (χ1n) is 5.43. The lowest BCUT2D eigenvalue weighted by Gasteiger charge is -2.27. The van der Waals surface area contributed by atoms with E-state index in [1.54, 1.807) is 12.1 Å². The summed E-state index contributed by atoms with van der Waals surface area (Å²) in [6.07, 6.45) is 0. The van der Waals surface area contributed by atoms with Crippen LogP contribution < -0.4 is 10.0 Å². The van der Waals surface area contributed by atoms with E-state index in [0.717, 1.165) is 0 Å². The van der Waals surface area contributed by atoms with Crippen LogP contribution in [-0.4, -0.2) is 38.9 Å². The van der Waals surface area contributed by atoms with Crippen molar-refractivity contribution >= 4 is 39.1 Å². The number of anilines is 1. The molecule has 0 atom stereocenters. The maximum atomic E-state index is 12.1. The van der Waals surface area contributed by atoms with Crippen molar-refractivity contribution in [1.29, 1.82) is 0 Å². The van der Waals surface area contributed by atoms with Gasteiger partial charge in [0, 0.05) is 31.2 Å². The van der Waals surface area contributed by atoms with Gasteiger partial charge in [-0.3, -0.25) is 4.72 Å². The number of hydrogen-bond donors (Lipinski definition) is 2. The highest BCUT2D eigenvalue weighted by Gasteiger charge is 2.24. The van der Waals surface area contributed by atoms with Crippen molar-refractivity contribution in [3.63, 3.8) is 0 Å². The van der Waals surface area contributed by atoms with E-state index in [1.807, 2.05) is 0 Å². The van der Waals surface area contributed by atoms with E-state index in [4.69, 9.17) is 23.2 Å². The summed E-state index contributed by atoms with van der Waals surface area (Å²) in [5.41, 5.74) is 0.294. The van der Waals surface area contributed by atoms with Crippen LogP contribution in [0.4, 0.5) is 5.69 Å². The predicted octanol–water partition coefficient (Wildman–Crippen LogP) is 1.56. The highest BCUT2D eigenvalue weighted by molar-refractivity contribution is 7.90. The summed E-state index contributed by atoms with van der Waals surface area (Å²) in [6, 6.07) is 4.65. The first-order chi connectivity index (χ1) is 8.49. The molecule has 1 saturated heterocycles. The molecule has 0 spiro atoms. The third kappa shape index (κ3) is 3.27. The van der Waals surface area contributed by atoms with Crippen molar-refractivity contribution in [3.8, 4) is 0 Å². The molecule has 0 aliphatic carbocycles. The maximum absolute atomic E-state index is 12.1. The van der Waals surface area contributed by atoms with Crippen LogP contribution in [0.5, 0.6) is 0 Å². The van der Waals surface area contributed by atoms with E-state index in [-0.39, 0.29) is 0 Å². The molecule has 5 nitrogen and oxygen atoms in total. The molecule has 2 N–H and O–H groups in total. The average Bonchev–Trinajstić information content (AvgIpc) is 2.35. The second kappa shape index (κ2) is 5.63. The van der Waals surface area contributed by atoms with E-state index in [2.05, 4.69) is 10.0 Å². The highest BCUT2D eigenvalue weighted by atomic mass is 35.5. The summed E-state index contributed by atoms with van der Waals surface area (Å²) < 4.78 is 28.0. The molecule has 1 aliphatic heterocycles. The lowest BCUT2D eigenvalue weighted by atomic mass is 10.3. The quantitative estimate of drug-likeness (QED) is 0.890. The number of piperazine rings is 1. The molecule has 1 aromatic rings. The van der Waals surface area contributed by atoms with E-state index in [0.29, 0.717) is 41.9 Å². The van der Waals surface area contributed by atoms with Crippen molar-refractivity contribution in [2.45, 2.75) is 0 Å². The molecule has 0 saturated carbocycles. The molecular weight excluding hydrogens is 297 g/mol. The van der Waals surface area contributed by atoms with Crippen LogP contribution in [0.2, 0.25) is 10.0 Å². The summed E-state index contributed by atoms with van der Waals surface area (Å²) in [4.78, 5) is 0. The number of nitrogens with one attached hydrogen (secondary N) is 2. The largest absolute Gasteiger partial charge is 0.314 e. The summed E-state index contributed by atoms with van der Waals surface area (Å²) in [5, 5.41) is 3.84. The zero-order chi connectivity index (χ0) is 13.2. The minimum absolute atomic E-state index is 0.294. The summed E-state index contributed by atoms with van der Waals surface area (Å²) in [7, 11) is -3.58. The SMILES string of the molecule is O=S(=O)(Nc1cc(Cl)ccc1Cl)N1CCNCC1. The van der Waals surface area contributed by atoms with Crippen LogP contribution in [0.25, 0.3) is 0 Å². The van der Waals surface area contributed by atoms with Crippen molar-refractivity contribution in [2.24, 2.45) is 0 Å². The van der Waals surface area contributed by atoms with Gasteiger partial charge in [0.15, 0.2) is 0 Å². The molecule has 2 rings (SSSR count). The number of halogens is 2. The number of benzene rings is 1. The number of hydrogen-bond acceptors (Lipinski definition) is 3. The zero-order valence-corrected chi connectivity index (χ0v) is 11.8. The molecule has 0 bridgehead atoms. The first-order valence-corrected chi connectivity index (χ1v) is 7.62. The first kappa shape index (κ1) is 13.9. The molecule has 0 amide bonds. The second-order valence-electron chi connectivity index (χ2n) is 3.88. The summed E-state index contributed by atoms with van der Waals surface area (Å²) in [5.74, 6) is 0. The Morgan fingerprint density at radius 1 is 1.22 bits per heavy atom. The van der Waals surface area contributed by atoms with Gasteiger partial charge in [0.2, 0.25) is 0 Å². The Balaban J connectivity index is 2.18. The van der Waals surface area contributed by atoms with Gasteiger partial charge in [-0.25, -0.2) is 0 Å². The minimum atomic E-state index is -3.58. The van der Waals surface area contributed by atoms with Crippen LogP contribution in [0.15, 0.2) is 18.2 Å². The lowest BCUT2D eigenvalue weighted by molar-refractivity contribution is 0.362. The van der Waals surface area contributed by atoms with Crippen molar-refractivity contribution in [2.75, 3.05) is 30.9 Å². The van der Waals surface area contributed by atoms with E-state index < -0.39 is 10.2 Å². The van der Waals surface area contributed by atoms with Crippen LogP contribution in [0, 0.1) is 0 Å². The van der Waals surface area contributed by atoms with E-state index >= 15 is 0 Å². The van der Waals surface area contributed by atoms with Gasteiger partial charge >= 0.3 is 10.2 Å². The molecule has 1 aromatic carbocycles. The third-order valence-corrected chi connectivity index (χ3v) is 4.67. The van der Waals surface area contributed by atoms with Crippen LogP contribution in [0.3, 0.4) is 0 Å². The fourth-order valence-corrected chi connectivity index (χ4v) is 3.30. The van der Waals surface area contributed by atoms with Gasteiger partial charge in [0.25, 0.3) is 0 Å². The Hall–Kier alpha value is -0.530. The molecule has 0 radical (unpaired) electrons. The van der Waals surface area contributed by atoms with Gasteiger partial charge in [-0.2, -0.15) is 12.7 Å². The smallest absolute Gasteiger partial charge is 0.301 e. The van der Waals surface area contributed by atoms with Gasteiger partial charge in [-0.1, -0.05) is 23.2 Å². The van der Waals surface area contributed by atoms with Gasteiger partial charge in [0.1, 0.15) is 0 Å². The van der Waals surface area contributed by atoms with Gasteiger partial charge in [-0.15, -0.1) is 0 Å². The maximum Gasteiger partial charge on any atom is 0.301 e. The van der Waals surface area contributed by atoms with Gasteiger partial charge in [-0.05, 0) is 18.2 Å². The standard InChI is InChI=1S/C10H13Cl2N3O2S/c11-8-1-2-9(12)10(7-8)14-18(16,17)15-5-3-13-4-6-15/h1-2,7,13-14H,3-6H2. The molecule has 0 unspecified atom stereocenters. The van der Waals surface area contributed by atoms with Crippen LogP contribution in [-0.2, 0) is 10.2 Å². The molecule has 18 heavy (non-hydrogen) atoms. The average molecular weight is 310 g/mol. The molecule has 1 fully saturated rings. The van der Waals surface area contributed by atoms with Crippen LogP contribution in [0.1, 0.15) is 0 Å². The fourth-order valence-electron chi connectivity index (χ4n) is 1.66. The molecule has 0 aromatic heterocycles. The molecule has 8 heteroatoms. The Bertz CT molecular complexity index is 530. The van der Waals surface area contributed by atoms with Crippen molar-refractivity contribution < 1.29 is 8.42 Å². The Morgan fingerprint density at radius 3 is 2.56 bits per heavy atom. The molecule has 100 valence electrons. The second-order valence-corrected chi connectivity index (χ2v) is 6.39. The fraction of sp³-hybridized carbons (Fsp3) is 0.400. The monoisotopic (exact) mass is 309 g/mol. The lowest BCUT2D eigenvalue weighted by Crippen LogP contribution is -2.48. The van der Waals surface area contributed by atoms with Crippen molar-refractivity contribution in [1.82, 2.24) is 9.62 Å². The minimum Gasteiger partial charge on any atom is -0.314 e. The zero-order valence-electron chi connectivity index (χ0n) is 9.49. The molecular formula is C10H13Cl2N3O2S. The highest BCUT2D eigenvalue weighted by Crippen LogP contribution is 2.26. The normalized spacial score (nSPS) is 17.7. The predicted molar refractivity (Wildman–Crippen MR) is 73.4 cm³/mol. The van der Waals surface area contributed by atoms with E-state index in [1.165, 1.54) is 10.4 Å². The Kier molecular flexibility index (Phi) is 4.34. The van der Waals surface area contributed by atoms with Gasteiger partial charge < -0.3 is 5.32 Å². The Morgan fingerprint density at radius 2 is 1.89 bits per heavy atom. The third-order valence-electron chi connectivity index (χ3n) is 2.58. The number of rotatable bonds is 3. The van der Waals surface area contributed by atoms with E-state index in [9.17, 15) is 8.42 Å².